The van der Waals surface area contributed by atoms with Crippen molar-refractivity contribution in [1.29, 1.82) is 0 Å². The van der Waals surface area contributed by atoms with Gasteiger partial charge in [0.2, 0.25) is 5.95 Å². The summed E-state index contributed by atoms with van der Waals surface area (Å²) in [5.41, 5.74) is 0. The summed E-state index contributed by atoms with van der Waals surface area (Å²) in [6.07, 6.45) is 1.55. The monoisotopic (exact) mass is 156 g/mol. The average Bonchev–Trinajstić information content (AvgIpc) is 2.06. The van der Waals surface area contributed by atoms with Crippen LogP contribution in [0.25, 0.3) is 0 Å². The molecule has 6 nitrogen and oxygen atoms in total. The molecule has 0 bridgehead atoms. The Kier molecular flexibility index (Phi) is 2.70. The van der Waals surface area contributed by atoms with Crippen LogP contribution in [0.4, 0.5) is 5.95 Å². The molecular formula is C5H8N4O2. The number of hydrogen-bond donors (Lipinski definition) is 3. The van der Waals surface area contributed by atoms with Crippen molar-refractivity contribution in [2.45, 2.75) is 6.23 Å². The van der Waals surface area contributed by atoms with E-state index in [2.05, 4.69) is 20.3 Å². The fourth-order valence-electron chi connectivity index (χ4n) is 0.508. The predicted octanol–water partition coefficient (Wildman–Crippen LogP) is -1.41. The molecule has 3 N–H and O–H groups in total. The van der Waals surface area contributed by atoms with E-state index in [0.29, 0.717) is 0 Å². The summed E-state index contributed by atoms with van der Waals surface area (Å²) in [6, 6.07) is 0. The largest absolute Gasteiger partial charge is 0.392 e. The Labute approximate surface area is 63.0 Å². The summed E-state index contributed by atoms with van der Waals surface area (Å²) >= 11 is 0. The quantitative estimate of drug-likeness (QED) is 0.466. The van der Waals surface area contributed by atoms with Crippen LogP contribution in [-0.2, 0) is 0 Å². The van der Waals surface area contributed by atoms with Gasteiger partial charge in [-0.05, 0) is 0 Å². The second-order valence-corrected chi connectivity index (χ2v) is 1.80. The van der Waals surface area contributed by atoms with Crippen molar-refractivity contribution in [3.8, 4) is 0 Å². The van der Waals surface area contributed by atoms with Crippen molar-refractivity contribution < 1.29 is 10.2 Å². The van der Waals surface area contributed by atoms with Crippen molar-refractivity contribution in [2.24, 2.45) is 0 Å². The molecule has 1 aromatic rings. The Morgan fingerprint density at radius 3 is 2.64 bits per heavy atom. The Morgan fingerprint density at radius 1 is 1.45 bits per heavy atom. The number of anilines is 1. The lowest BCUT2D eigenvalue weighted by molar-refractivity contribution is 0.116. The molecular weight excluding hydrogens is 148 g/mol. The maximum Gasteiger partial charge on any atom is 0.227 e. The number of hydrogen-bond acceptors (Lipinski definition) is 6. The van der Waals surface area contributed by atoms with E-state index >= 15 is 0 Å². The molecule has 1 heterocycles. The Hall–Kier alpha value is -1.27. The van der Waals surface area contributed by atoms with Crippen LogP contribution >= 0.6 is 0 Å². The topological polar surface area (TPSA) is 91.2 Å². The maximum absolute atomic E-state index is 8.85. The maximum atomic E-state index is 8.85. The average molecular weight is 156 g/mol. The molecule has 0 amide bonds. The summed E-state index contributed by atoms with van der Waals surface area (Å²) in [7, 11) is 0. The number of rotatable bonds is 3. The minimum atomic E-state index is -1.03. The molecule has 0 saturated heterocycles. The van der Waals surface area contributed by atoms with E-state index in [0.717, 1.165) is 0 Å². The van der Waals surface area contributed by atoms with Crippen LogP contribution in [0.1, 0.15) is 0 Å². The van der Waals surface area contributed by atoms with E-state index in [1.807, 2.05) is 0 Å². The summed E-state index contributed by atoms with van der Waals surface area (Å²) in [6.45, 7) is -0.383. The summed E-state index contributed by atoms with van der Waals surface area (Å²) in [5.74, 6) is 0.238. The molecule has 0 fully saturated rings. The van der Waals surface area contributed by atoms with Crippen molar-refractivity contribution in [3.05, 3.63) is 12.7 Å². The molecule has 0 radical (unpaired) electrons. The molecule has 0 saturated carbocycles. The second kappa shape index (κ2) is 3.79. The molecule has 0 spiro atoms. The van der Waals surface area contributed by atoms with Crippen LogP contribution in [-0.4, -0.2) is 38.0 Å². The number of nitrogens with zero attached hydrogens (tertiary/aromatic N) is 3. The lowest BCUT2D eigenvalue weighted by atomic mass is 10.6. The van der Waals surface area contributed by atoms with Gasteiger partial charge in [-0.3, -0.25) is 0 Å². The van der Waals surface area contributed by atoms with Crippen LogP contribution in [0.15, 0.2) is 12.7 Å². The number of aliphatic hydroxyl groups is 2. The van der Waals surface area contributed by atoms with Crippen LogP contribution in [0.3, 0.4) is 0 Å². The smallest absolute Gasteiger partial charge is 0.227 e. The molecule has 0 aliphatic carbocycles. The summed E-state index contributed by atoms with van der Waals surface area (Å²) in [4.78, 5) is 10.9. The van der Waals surface area contributed by atoms with Gasteiger partial charge in [0.1, 0.15) is 18.9 Å². The third kappa shape index (κ3) is 2.44. The fraction of sp³-hybridized carbons (Fsp3) is 0.400. The Balaban J connectivity index is 2.51. The van der Waals surface area contributed by atoms with Crippen molar-refractivity contribution >= 4 is 5.95 Å². The van der Waals surface area contributed by atoms with E-state index in [-0.39, 0.29) is 12.6 Å². The van der Waals surface area contributed by atoms with Gasteiger partial charge in [-0.25, -0.2) is 15.0 Å². The van der Waals surface area contributed by atoms with Gasteiger partial charge in [0.25, 0.3) is 0 Å². The zero-order valence-electron chi connectivity index (χ0n) is 5.68. The lowest BCUT2D eigenvalue weighted by Gasteiger charge is -2.07. The second-order valence-electron chi connectivity index (χ2n) is 1.80. The number of aromatic nitrogens is 3. The summed E-state index contributed by atoms with van der Waals surface area (Å²) < 4.78 is 0. The SMILES string of the molecule is OCC(O)Nc1ncncn1. The van der Waals surface area contributed by atoms with E-state index in [4.69, 9.17) is 10.2 Å². The van der Waals surface area contributed by atoms with Gasteiger partial charge in [-0.2, -0.15) is 0 Å². The first-order valence-corrected chi connectivity index (χ1v) is 3.00. The normalized spacial score (nSPS) is 12.5. The predicted molar refractivity (Wildman–Crippen MR) is 36.5 cm³/mol. The molecule has 1 aromatic heterocycles. The molecule has 60 valence electrons. The highest BCUT2D eigenvalue weighted by Gasteiger charge is 2.01. The highest BCUT2D eigenvalue weighted by molar-refractivity contribution is 5.21. The van der Waals surface area contributed by atoms with Gasteiger partial charge >= 0.3 is 0 Å². The molecule has 1 atom stereocenters. The molecule has 11 heavy (non-hydrogen) atoms. The van der Waals surface area contributed by atoms with Gasteiger partial charge in [0.15, 0.2) is 0 Å². The van der Waals surface area contributed by atoms with E-state index in [9.17, 15) is 0 Å². The number of nitrogens with one attached hydrogen (secondary N) is 1. The van der Waals surface area contributed by atoms with Gasteiger partial charge < -0.3 is 15.5 Å². The van der Waals surface area contributed by atoms with E-state index < -0.39 is 6.23 Å². The molecule has 6 heteroatoms. The molecule has 0 aliphatic rings. The van der Waals surface area contributed by atoms with Crippen LogP contribution in [0.5, 0.6) is 0 Å². The minimum absolute atomic E-state index is 0.238. The van der Waals surface area contributed by atoms with Crippen LogP contribution in [0, 0.1) is 0 Å². The van der Waals surface area contributed by atoms with Crippen LogP contribution < -0.4 is 5.32 Å². The first kappa shape index (κ1) is 7.83. The Bertz CT molecular complexity index is 205. The van der Waals surface area contributed by atoms with Crippen molar-refractivity contribution in [1.82, 2.24) is 15.0 Å². The zero-order chi connectivity index (χ0) is 8.10. The lowest BCUT2D eigenvalue weighted by Crippen LogP contribution is -2.23. The first-order valence-electron chi connectivity index (χ1n) is 3.00. The molecule has 0 aromatic carbocycles. The number of aliphatic hydroxyl groups excluding tert-OH is 2. The molecule has 0 aliphatic heterocycles. The summed E-state index contributed by atoms with van der Waals surface area (Å²) in [5, 5.41) is 19.7. The zero-order valence-corrected chi connectivity index (χ0v) is 5.68. The highest BCUT2D eigenvalue weighted by Crippen LogP contribution is 1.93. The standard InChI is InChI=1S/C5H8N4O2/c10-1-4(11)9-5-7-2-6-3-8-5/h2-4,10-11H,1H2,(H,6,7,8,9). The van der Waals surface area contributed by atoms with Crippen molar-refractivity contribution in [3.63, 3.8) is 0 Å². The first-order chi connectivity index (χ1) is 5.33. The van der Waals surface area contributed by atoms with Gasteiger partial charge in [0.05, 0.1) is 6.61 Å². The fourth-order valence-corrected chi connectivity index (χ4v) is 0.508. The van der Waals surface area contributed by atoms with E-state index in [1.54, 1.807) is 0 Å². The van der Waals surface area contributed by atoms with Gasteiger partial charge in [-0.15, -0.1) is 0 Å². The van der Waals surface area contributed by atoms with E-state index in [1.165, 1.54) is 12.7 Å². The van der Waals surface area contributed by atoms with Gasteiger partial charge in [0, 0.05) is 0 Å². The molecule has 1 unspecified atom stereocenters. The Morgan fingerprint density at radius 2 is 2.09 bits per heavy atom. The van der Waals surface area contributed by atoms with Crippen LogP contribution in [0.2, 0.25) is 0 Å². The minimum Gasteiger partial charge on any atom is -0.392 e. The third-order valence-electron chi connectivity index (χ3n) is 0.962. The van der Waals surface area contributed by atoms with Crippen molar-refractivity contribution in [2.75, 3.05) is 11.9 Å². The highest BCUT2D eigenvalue weighted by atomic mass is 16.3. The molecule has 1 rings (SSSR count). The van der Waals surface area contributed by atoms with Gasteiger partial charge in [-0.1, -0.05) is 0 Å². The third-order valence-corrected chi connectivity index (χ3v) is 0.962.